The fraction of sp³-hybridized carbons (Fsp3) is 0.472. The normalized spacial score (nSPS) is 22.7. The van der Waals surface area contributed by atoms with Crippen molar-refractivity contribution >= 4 is 22.6 Å². The summed E-state index contributed by atoms with van der Waals surface area (Å²) >= 11 is 0. The molecule has 250 valence electrons. The van der Waals surface area contributed by atoms with E-state index in [1.54, 1.807) is 16.6 Å². The number of hydrogen-bond acceptors (Lipinski definition) is 10. The molecule has 0 radical (unpaired) electrons. The molecule has 13 heteroatoms. The van der Waals surface area contributed by atoms with Crippen LogP contribution >= 0.6 is 0 Å². The standard InChI is InChI=1S/C36H39N11O2/c1-20(27-9-6-15-44(27)2)47-34-25(18-39-47)33(46-19-22-12-16-45(3)35(48)29(22)42-46)40-32(41-34)30-23-8-5-14-36(31(23)49-43-30)13-4-7-21-10-11-26(38)24(17-37)28(21)36/h10-11,18-20,27H,4-9,12-16,38H2,1-3H3/t20-,27-,36+/m0/s1. The number of likely N-dealkylation sites (N-methyl/N-ethyl adjacent to an activating group) is 2. The molecule has 0 unspecified atom stereocenters. The fourth-order valence-electron chi connectivity index (χ4n) is 9.14. The molecule has 2 aliphatic heterocycles. The predicted octanol–water partition coefficient (Wildman–Crippen LogP) is 4.36. The monoisotopic (exact) mass is 657 g/mol. The summed E-state index contributed by atoms with van der Waals surface area (Å²) in [5.41, 5.74) is 12.7. The predicted molar refractivity (Wildman–Crippen MR) is 181 cm³/mol. The SMILES string of the molecule is C[C@@H]([C@@H]1CCCN1C)n1ncc2c(-n3cc4c(n3)C(=O)N(C)CC4)nc(-c3noc4c3CCC[C@@]43CCCc4ccc(N)c(C#N)c43)nc21. The third-order valence-corrected chi connectivity index (χ3v) is 11.7. The molecule has 1 spiro atoms. The summed E-state index contributed by atoms with van der Waals surface area (Å²) < 4.78 is 10.1. The molecule has 2 aliphatic carbocycles. The summed E-state index contributed by atoms with van der Waals surface area (Å²) in [5, 5.41) is 25.4. The van der Waals surface area contributed by atoms with Crippen LogP contribution in [0.25, 0.3) is 28.4 Å². The minimum absolute atomic E-state index is 0.0600. The van der Waals surface area contributed by atoms with Gasteiger partial charge in [-0.2, -0.15) is 15.5 Å². The first kappa shape index (κ1) is 30.0. The average Bonchev–Trinajstić information content (AvgIpc) is 3.92. The van der Waals surface area contributed by atoms with Crippen molar-refractivity contribution in [3.63, 3.8) is 0 Å². The Morgan fingerprint density at radius 3 is 2.69 bits per heavy atom. The summed E-state index contributed by atoms with van der Waals surface area (Å²) in [5.74, 6) is 1.67. The number of carbonyl (C=O) groups is 1. The summed E-state index contributed by atoms with van der Waals surface area (Å²) in [6.45, 7) is 3.89. The average molecular weight is 658 g/mol. The second-order valence-corrected chi connectivity index (χ2v) is 14.4. The van der Waals surface area contributed by atoms with Crippen molar-refractivity contribution < 1.29 is 9.32 Å². The Balaban J connectivity index is 1.24. The van der Waals surface area contributed by atoms with Gasteiger partial charge in [0.25, 0.3) is 5.91 Å². The number of fused-ring (bicyclic) bond motifs is 6. The Bertz CT molecular complexity index is 2200. The Labute approximate surface area is 283 Å². The Kier molecular flexibility index (Phi) is 6.71. The molecule has 4 aromatic heterocycles. The zero-order valence-corrected chi connectivity index (χ0v) is 28.1. The molecule has 0 bridgehead atoms. The Morgan fingerprint density at radius 2 is 1.90 bits per heavy atom. The zero-order chi connectivity index (χ0) is 33.6. The number of nitrogen functional groups attached to an aromatic ring is 1. The van der Waals surface area contributed by atoms with Crippen molar-refractivity contribution in [1.29, 1.82) is 5.26 Å². The Hall–Kier alpha value is -5.09. The van der Waals surface area contributed by atoms with Crippen molar-refractivity contribution in [2.45, 2.75) is 82.2 Å². The van der Waals surface area contributed by atoms with Crippen LogP contribution in [0.15, 0.2) is 29.0 Å². The quantitative estimate of drug-likeness (QED) is 0.275. The van der Waals surface area contributed by atoms with Gasteiger partial charge in [-0.1, -0.05) is 11.2 Å². The van der Waals surface area contributed by atoms with Crippen LogP contribution in [-0.4, -0.2) is 83.6 Å². The number of rotatable bonds is 4. The van der Waals surface area contributed by atoms with Crippen LogP contribution < -0.4 is 5.73 Å². The first-order valence-corrected chi connectivity index (χ1v) is 17.4. The van der Waals surface area contributed by atoms with E-state index in [4.69, 9.17) is 35.6 Å². The van der Waals surface area contributed by atoms with Crippen molar-refractivity contribution in [1.82, 2.24) is 44.5 Å². The molecular weight excluding hydrogens is 618 g/mol. The molecule has 2 N–H and O–H groups in total. The highest BCUT2D eigenvalue weighted by atomic mass is 16.5. The van der Waals surface area contributed by atoms with Crippen molar-refractivity contribution in [3.8, 4) is 23.4 Å². The number of aromatic nitrogens is 7. The smallest absolute Gasteiger partial charge is 0.274 e. The molecule has 49 heavy (non-hydrogen) atoms. The number of anilines is 1. The number of benzene rings is 1. The number of amides is 1. The van der Waals surface area contributed by atoms with Crippen LogP contribution in [0.5, 0.6) is 0 Å². The number of carbonyl (C=O) groups excluding carboxylic acids is 1. The van der Waals surface area contributed by atoms with E-state index in [-0.39, 0.29) is 11.9 Å². The van der Waals surface area contributed by atoms with E-state index >= 15 is 0 Å². The lowest BCUT2D eigenvalue weighted by atomic mass is 9.61. The van der Waals surface area contributed by atoms with Gasteiger partial charge in [0.2, 0.25) is 0 Å². The van der Waals surface area contributed by atoms with Crippen molar-refractivity contribution in [2.75, 3.05) is 32.9 Å². The summed E-state index contributed by atoms with van der Waals surface area (Å²) in [7, 11) is 3.97. The minimum Gasteiger partial charge on any atom is -0.398 e. The van der Waals surface area contributed by atoms with Gasteiger partial charge in [0, 0.05) is 42.6 Å². The number of nitriles is 1. The maximum Gasteiger partial charge on any atom is 0.274 e. The number of hydrogen-bond donors (Lipinski definition) is 1. The van der Waals surface area contributed by atoms with E-state index in [9.17, 15) is 10.1 Å². The highest BCUT2D eigenvalue weighted by Gasteiger charge is 2.48. The molecule has 3 atom stereocenters. The summed E-state index contributed by atoms with van der Waals surface area (Å²) in [4.78, 5) is 27.5. The Morgan fingerprint density at radius 1 is 1.06 bits per heavy atom. The molecule has 1 saturated heterocycles. The zero-order valence-electron chi connectivity index (χ0n) is 28.1. The second kappa shape index (κ2) is 11.0. The number of likely N-dealkylation sites (tertiary alicyclic amines) is 1. The van der Waals surface area contributed by atoms with Gasteiger partial charge in [0.15, 0.2) is 34.4 Å². The lowest BCUT2D eigenvalue weighted by Gasteiger charge is -2.41. The van der Waals surface area contributed by atoms with Gasteiger partial charge < -0.3 is 20.1 Å². The topological polar surface area (TPSA) is 161 Å². The molecule has 13 nitrogen and oxygen atoms in total. The third kappa shape index (κ3) is 4.32. The molecular formula is C36H39N11O2. The number of aryl methyl sites for hydroxylation is 1. The minimum atomic E-state index is -0.490. The van der Waals surface area contributed by atoms with Gasteiger partial charge in [-0.05, 0) is 95.5 Å². The molecule has 5 aromatic rings. The van der Waals surface area contributed by atoms with E-state index in [0.717, 1.165) is 97.7 Å². The molecule has 1 aromatic carbocycles. The van der Waals surface area contributed by atoms with Gasteiger partial charge >= 0.3 is 0 Å². The first-order chi connectivity index (χ1) is 23.8. The molecule has 6 heterocycles. The van der Waals surface area contributed by atoms with Crippen molar-refractivity contribution in [3.05, 3.63) is 63.8 Å². The van der Waals surface area contributed by atoms with Crippen LogP contribution in [0.2, 0.25) is 0 Å². The molecule has 4 aliphatic rings. The van der Waals surface area contributed by atoms with E-state index in [1.807, 2.05) is 23.1 Å². The van der Waals surface area contributed by atoms with E-state index in [0.29, 0.717) is 52.5 Å². The first-order valence-electron chi connectivity index (χ1n) is 17.4. The lowest BCUT2D eigenvalue weighted by molar-refractivity contribution is 0.0774. The van der Waals surface area contributed by atoms with E-state index in [2.05, 4.69) is 31.0 Å². The highest BCUT2D eigenvalue weighted by molar-refractivity contribution is 5.95. The number of nitrogens with zero attached hydrogens (tertiary/aromatic N) is 10. The maximum absolute atomic E-state index is 13.1. The van der Waals surface area contributed by atoms with Gasteiger partial charge in [0.1, 0.15) is 6.07 Å². The lowest BCUT2D eigenvalue weighted by Crippen LogP contribution is -2.36. The van der Waals surface area contributed by atoms with Gasteiger partial charge in [0.05, 0.1) is 28.6 Å². The largest absolute Gasteiger partial charge is 0.398 e. The van der Waals surface area contributed by atoms with Gasteiger partial charge in [-0.3, -0.25) is 4.79 Å². The second-order valence-electron chi connectivity index (χ2n) is 14.4. The van der Waals surface area contributed by atoms with E-state index in [1.165, 1.54) is 0 Å². The van der Waals surface area contributed by atoms with Crippen molar-refractivity contribution in [2.24, 2.45) is 0 Å². The molecule has 0 saturated carbocycles. The third-order valence-electron chi connectivity index (χ3n) is 11.7. The van der Waals surface area contributed by atoms with Gasteiger partial charge in [-0.25, -0.2) is 19.3 Å². The van der Waals surface area contributed by atoms with Gasteiger partial charge in [-0.15, -0.1) is 0 Å². The molecule has 9 rings (SSSR count). The molecule has 1 amide bonds. The fourth-order valence-corrected chi connectivity index (χ4v) is 9.14. The van der Waals surface area contributed by atoms with Crippen LogP contribution in [0.1, 0.15) is 95.6 Å². The number of nitrogens with two attached hydrogens (primary N) is 1. The van der Waals surface area contributed by atoms with E-state index < -0.39 is 5.41 Å². The maximum atomic E-state index is 13.1. The summed E-state index contributed by atoms with van der Waals surface area (Å²) in [6.07, 6.45) is 11.9. The summed E-state index contributed by atoms with van der Waals surface area (Å²) in [6, 6.07) is 6.71. The highest BCUT2D eigenvalue weighted by Crippen LogP contribution is 2.53. The van der Waals surface area contributed by atoms with Crippen LogP contribution in [0.4, 0.5) is 5.69 Å². The van der Waals surface area contributed by atoms with Crippen LogP contribution in [-0.2, 0) is 24.7 Å². The molecule has 1 fully saturated rings. The van der Waals surface area contributed by atoms with Crippen LogP contribution in [0, 0.1) is 11.3 Å². The van der Waals surface area contributed by atoms with Crippen LogP contribution in [0.3, 0.4) is 0 Å².